The molecule has 0 saturated carbocycles. The summed E-state index contributed by atoms with van der Waals surface area (Å²) in [7, 11) is 6.11. The van der Waals surface area contributed by atoms with Gasteiger partial charge in [0, 0.05) is 22.8 Å². The van der Waals surface area contributed by atoms with E-state index < -0.39 is 11.6 Å². The fourth-order valence-corrected chi connectivity index (χ4v) is 4.71. The molecule has 188 valence electrons. The van der Waals surface area contributed by atoms with Gasteiger partial charge < -0.3 is 28.8 Å². The number of fused-ring (bicyclic) bond motifs is 3. The first-order valence-corrected chi connectivity index (χ1v) is 11.6. The highest BCUT2D eigenvalue weighted by atomic mass is 16.5. The molecule has 0 amide bonds. The Kier molecular flexibility index (Phi) is 6.13. The first-order valence-electron chi connectivity index (χ1n) is 11.6. The van der Waals surface area contributed by atoms with Gasteiger partial charge in [-0.15, -0.1) is 0 Å². The van der Waals surface area contributed by atoms with Gasteiger partial charge in [0.1, 0.15) is 34.3 Å². The molecule has 7 heteroatoms. The normalized spacial score (nSPS) is 16.0. The fourth-order valence-electron chi connectivity index (χ4n) is 4.71. The first kappa shape index (κ1) is 24.1. The number of ether oxygens (including phenoxy) is 5. The largest absolute Gasteiger partial charge is 0.507 e. The Bertz CT molecular complexity index is 1520. The molecule has 1 heterocycles. The van der Waals surface area contributed by atoms with Gasteiger partial charge in [0.2, 0.25) is 0 Å². The molecule has 0 radical (unpaired) electrons. The molecule has 0 aromatic heterocycles. The van der Waals surface area contributed by atoms with Crippen molar-refractivity contribution in [2.45, 2.75) is 5.60 Å². The molecule has 0 saturated heterocycles. The molecule has 5 rings (SSSR count). The monoisotopic (exact) mass is 498 g/mol. The van der Waals surface area contributed by atoms with E-state index in [1.54, 1.807) is 33.5 Å². The number of carbonyl (C=O) groups is 1. The van der Waals surface area contributed by atoms with E-state index in [2.05, 4.69) is 0 Å². The summed E-state index contributed by atoms with van der Waals surface area (Å²) in [6, 6.07) is 20.1. The summed E-state index contributed by atoms with van der Waals surface area (Å²) in [6.07, 6.45) is 3.93. The smallest absolute Gasteiger partial charge is 0.341 e. The van der Waals surface area contributed by atoms with Crippen LogP contribution in [0.1, 0.15) is 27.0 Å². The lowest BCUT2D eigenvalue weighted by atomic mass is 9.82. The van der Waals surface area contributed by atoms with Crippen LogP contribution >= 0.6 is 0 Å². The maximum absolute atomic E-state index is 12.2. The Morgan fingerprint density at radius 2 is 1.57 bits per heavy atom. The zero-order valence-corrected chi connectivity index (χ0v) is 20.9. The third-order valence-electron chi connectivity index (χ3n) is 6.63. The summed E-state index contributed by atoms with van der Waals surface area (Å²) >= 11 is 0. The summed E-state index contributed by atoms with van der Waals surface area (Å²) in [5.41, 5.74) is 1.47. The predicted molar refractivity (Wildman–Crippen MR) is 140 cm³/mol. The molecule has 1 N–H and O–H groups in total. The van der Waals surface area contributed by atoms with Crippen LogP contribution in [0.15, 0.2) is 72.8 Å². The molecule has 1 unspecified atom stereocenters. The van der Waals surface area contributed by atoms with Crippen molar-refractivity contribution in [1.82, 2.24) is 0 Å². The summed E-state index contributed by atoms with van der Waals surface area (Å²) in [6.45, 7) is 0. The van der Waals surface area contributed by atoms with Gasteiger partial charge in [0.15, 0.2) is 5.60 Å². The van der Waals surface area contributed by atoms with Gasteiger partial charge in [-0.3, -0.25) is 0 Å². The van der Waals surface area contributed by atoms with Crippen LogP contribution in [0.5, 0.6) is 28.7 Å². The second-order valence-corrected chi connectivity index (χ2v) is 8.53. The average Bonchev–Trinajstić information content (AvgIpc) is 2.95. The minimum Gasteiger partial charge on any atom is -0.507 e. The molecule has 0 aliphatic carbocycles. The maximum atomic E-state index is 12.2. The van der Waals surface area contributed by atoms with E-state index in [9.17, 15) is 9.90 Å². The van der Waals surface area contributed by atoms with Crippen molar-refractivity contribution < 1.29 is 33.6 Å². The zero-order valence-electron chi connectivity index (χ0n) is 20.9. The van der Waals surface area contributed by atoms with Crippen molar-refractivity contribution in [2.24, 2.45) is 0 Å². The Hall–Kier alpha value is -4.65. The van der Waals surface area contributed by atoms with Crippen LogP contribution in [0.3, 0.4) is 0 Å². The molecular formula is C30H26O7. The number of phenols is 1. The van der Waals surface area contributed by atoms with Crippen LogP contribution in [0, 0.1) is 0 Å². The van der Waals surface area contributed by atoms with Crippen molar-refractivity contribution in [3.05, 3.63) is 95.1 Å². The topological polar surface area (TPSA) is 83.5 Å². The quantitative estimate of drug-likeness (QED) is 0.341. The third-order valence-corrected chi connectivity index (χ3v) is 6.63. The third kappa shape index (κ3) is 3.98. The SMILES string of the molecule is COC(=O)c1cc2c3c(ccc2cc1O)OC(c1ccc(OC)cc1)(c1ccc(OC)cc1OC)C=C3. The molecule has 37 heavy (non-hydrogen) atoms. The maximum Gasteiger partial charge on any atom is 0.341 e. The Labute approximate surface area is 214 Å². The fraction of sp³-hybridized carbons (Fsp3) is 0.167. The van der Waals surface area contributed by atoms with Crippen molar-refractivity contribution in [2.75, 3.05) is 28.4 Å². The first-order chi connectivity index (χ1) is 17.9. The van der Waals surface area contributed by atoms with E-state index >= 15 is 0 Å². The zero-order chi connectivity index (χ0) is 26.2. The van der Waals surface area contributed by atoms with E-state index in [1.165, 1.54) is 7.11 Å². The molecular weight excluding hydrogens is 472 g/mol. The molecule has 1 aliphatic rings. The van der Waals surface area contributed by atoms with Crippen LogP contribution in [-0.4, -0.2) is 39.5 Å². The van der Waals surface area contributed by atoms with Crippen molar-refractivity contribution in [3.63, 3.8) is 0 Å². The van der Waals surface area contributed by atoms with Gasteiger partial charge in [-0.05, 0) is 65.4 Å². The second kappa shape index (κ2) is 9.43. The minimum atomic E-state index is -1.04. The standard InChI is InChI=1S/C30H26O7/c1-33-20-8-6-19(7-9-20)30(25-11-10-21(34-2)16-28(25)35-3)14-13-22-23-17-24(29(32)36-4)26(31)15-18(23)5-12-27(22)37-30/h5-17,31H,1-4H3. The Morgan fingerprint density at radius 1 is 0.838 bits per heavy atom. The highest BCUT2D eigenvalue weighted by Crippen LogP contribution is 2.48. The van der Waals surface area contributed by atoms with Crippen molar-refractivity contribution in [1.29, 1.82) is 0 Å². The molecule has 1 aliphatic heterocycles. The number of benzene rings is 4. The Balaban J connectivity index is 1.73. The number of esters is 1. The predicted octanol–water partition coefficient (Wildman–Crippen LogP) is 5.71. The second-order valence-electron chi connectivity index (χ2n) is 8.53. The Morgan fingerprint density at radius 3 is 2.24 bits per heavy atom. The number of methoxy groups -OCH3 is 4. The molecule has 0 bridgehead atoms. The van der Waals surface area contributed by atoms with Crippen LogP contribution in [0.25, 0.3) is 16.8 Å². The van der Waals surface area contributed by atoms with Gasteiger partial charge in [-0.25, -0.2) is 4.79 Å². The van der Waals surface area contributed by atoms with E-state index in [0.717, 1.165) is 33.2 Å². The number of hydrogen-bond acceptors (Lipinski definition) is 7. The minimum absolute atomic E-state index is 0.0839. The lowest BCUT2D eigenvalue weighted by molar-refractivity contribution is 0.0597. The van der Waals surface area contributed by atoms with Gasteiger partial charge >= 0.3 is 5.97 Å². The molecule has 0 fully saturated rings. The van der Waals surface area contributed by atoms with Crippen molar-refractivity contribution >= 4 is 22.8 Å². The van der Waals surface area contributed by atoms with E-state index in [4.69, 9.17) is 23.7 Å². The van der Waals surface area contributed by atoms with E-state index in [1.807, 2.05) is 66.7 Å². The number of hydrogen-bond donors (Lipinski definition) is 1. The summed E-state index contributed by atoms with van der Waals surface area (Å²) in [4.78, 5) is 12.2. The lowest BCUT2D eigenvalue weighted by Gasteiger charge is -2.37. The summed E-state index contributed by atoms with van der Waals surface area (Å²) in [5.74, 6) is 1.82. The van der Waals surface area contributed by atoms with E-state index in [-0.39, 0.29) is 11.3 Å². The highest BCUT2D eigenvalue weighted by Gasteiger charge is 2.40. The molecule has 7 nitrogen and oxygen atoms in total. The summed E-state index contributed by atoms with van der Waals surface area (Å²) in [5, 5.41) is 11.9. The molecule has 1 atom stereocenters. The lowest BCUT2D eigenvalue weighted by Crippen LogP contribution is -2.34. The molecule has 4 aromatic rings. The number of rotatable bonds is 6. The summed E-state index contributed by atoms with van der Waals surface area (Å²) < 4.78 is 28.2. The number of aromatic hydroxyl groups is 1. The highest BCUT2D eigenvalue weighted by molar-refractivity contribution is 6.02. The van der Waals surface area contributed by atoms with Gasteiger partial charge in [0.05, 0.1) is 28.4 Å². The number of phenolic OH excluding ortho intramolecular Hbond substituents is 1. The van der Waals surface area contributed by atoms with Crippen LogP contribution in [0.2, 0.25) is 0 Å². The average molecular weight is 499 g/mol. The van der Waals surface area contributed by atoms with E-state index in [0.29, 0.717) is 17.2 Å². The molecule has 0 spiro atoms. The number of carbonyl (C=O) groups excluding carboxylic acids is 1. The van der Waals surface area contributed by atoms with Gasteiger partial charge in [-0.2, -0.15) is 0 Å². The van der Waals surface area contributed by atoms with Gasteiger partial charge in [-0.1, -0.05) is 18.2 Å². The molecule has 4 aromatic carbocycles. The van der Waals surface area contributed by atoms with Crippen molar-refractivity contribution in [3.8, 4) is 28.7 Å². The van der Waals surface area contributed by atoms with Gasteiger partial charge in [0.25, 0.3) is 0 Å². The van der Waals surface area contributed by atoms with Crippen LogP contribution < -0.4 is 18.9 Å². The van der Waals surface area contributed by atoms with Crippen LogP contribution in [0.4, 0.5) is 0 Å². The van der Waals surface area contributed by atoms with Crippen LogP contribution in [-0.2, 0) is 10.3 Å².